The van der Waals surface area contributed by atoms with Crippen LogP contribution in [0, 0.1) is 19.8 Å². The van der Waals surface area contributed by atoms with Crippen LogP contribution in [0.2, 0.25) is 0 Å². The molecule has 1 aromatic heterocycles. The fourth-order valence-electron chi connectivity index (χ4n) is 3.57. The van der Waals surface area contributed by atoms with E-state index in [4.69, 9.17) is 14.0 Å². The van der Waals surface area contributed by atoms with E-state index in [2.05, 4.69) is 17.4 Å². The first kappa shape index (κ1) is 20.9. The molecule has 7 nitrogen and oxygen atoms in total. The largest absolute Gasteiger partial charge is 0.489 e. The van der Waals surface area contributed by atoms with E-state index in [-0.39, 0.29) is 18.6 Å². The maximum absolute atomic E-state index is 12.3. The molecule has 0 spiro atoms. The maximum Gasteiger partial charge on any atom is 0.338 e. The van der Waals surface area contributed by atoms with Gasteiger partial charge in [-0.1, -0.05) is 31.0 Å². The van der Waals surface area contributed by atoms with Crippen LogP contribution in [0.25, 0.3) is 0 Å². The molecule has 29 heavy (non-hydrogen) atoms. The van der Waals surface area contributed by atoms with E-state index in [1.54, 1.807) is 24.3 Å². The van der Waals surface area contributed by atoms with Gasteiger partial charge in [0.25, 0.3) is 5.91 Å². The highest BCUT2D eigenvalue weighted by molar-refractivity contribution is 5.91. The van der Waals surface area contributed by atoms with E-state index in [0.29, 0.717) is 29.6 Å². The first-order valence-corrected chi connectivity index (χ1v) is 10.0. The molecular formula is C22H28N2O5. The van der Waals surface area contributed by atoms with Crippen molar-refractivity contribution in [2.45, 2.75) is 59.1 Å². The number of esters is 1. The minimum Gasteiger partial charge on any atom is -0.489 e. The van der Waals surface area contributed by atoms with Gasteiger partial charge in [-0.05, 0) is 50.8 Å². The van der Waals surface area contributed by atoms with Crippen LogP contribution in [0.4, 0.5) is 0 Å². The molecule has 1 saturated carbocycles. The average molecular weight is 400 g/mol. The Bertz CT molecular complexity index is 841. The van der Waals surface area contributed by atoms with Crippen molar-refractivity contribution in [1.82, 2.24) is 10.5 Å². The van der Waals surface area contributed by atoms with Crippen LogP contribution in [0.5, 0.6) is 5.75 Å². The molecule has 1 heterocycles. The summed E-state index contributed by atoms with van der Waals surface area (Å²) in [6, 6.07) is 6.86. The van der Waals surface area contributed by atoms with Crippen molar-refractivity contribution in [1.29, 1.82) is 0 Å². The highest BCUT2D eigenvalue weighted by Crippen LogP contribution is 2.23. The second kappa shape index (κ2) is 9.58. The molecule has 156 valence electrons. The zero-order chi connectivity index (χ0) is 20.8. The number of hydrogen-bond acceptors (Lipinski definition) is 6. The number of hydrogen-bond donors (Lipinski definition) is 1. The third kappa shape index (κ3) is 5.59. The topological polar surface area (TPSA) is 90.7 Å². The molecule has 1 N–H and O–H groups in total. The lowest BCUT2D eigenvalue weighted by atomic mass is 9.86. The number of nitrogens with one attached hydrogen (secondary N) is 1. The normalized spacial score (nSPS) is 18.9. The summed E-state index contributed by atoms with van der Waals surface area (Å²) in [5, 5.41) is 6.87. The van der Waals surface area contributed by atoms with E-state index >= 15 is 0 Å². The molecule has 1 aliphatic carbocycles. The number of nitrogens with zero attached hydrogens (tertiary/aromatic N) is 1. The highest BCUT2D eigenvalue weighted by Gasteiger charge is 2.23. The zero-order valence-corrected chi connectivity index (χ0v) is 17.2. The van der Waals surface area contributed by atoms with Gasteiger partial charge in [-0.15, -0.1) is 0 Å². The monoisotopic (exact) mass is 400 g/mol. The van der Waals surface area contributed by atoms with E-state index in [9.17, 15) is 9.59 Å². The van der Waals surface area contributed by atoms with Crippen LogP contribution in [-0.2, 0) is 16.1 Å². The van der Waals surface area contributed by atoms with Gasteiger partial charge in [-0.3, -0.25) is 4.79 Å². The lowest BCUT2D eigenvalue weighted by Crippen LogP contribution is -2.42. The Morgan fingerprint density at radius 1 is 1.24 bits per heavy atom. The van der Waals surface area contributed by atoms with Crippen molar-refractivity contribution in [2.24, 2.45) is 5.92 Å². The summed E-state index contributed by atoms with van der Waals surface area (Å²) in [4.78, 5) is 24.4. The van der Waals surface area contributed by atoms with Crippen LogP contribution >= 0.6 is 0 Å². The zero-order valence-electron chi connectivity index (χ0n) is 17.2. The molecule has 1 aliphatic rings. The Hall–Kier alpha value is -2.83. The van der Waals surface area contributed by atoms with Gasteiger partial charge >= 0.3 is 5.97 Å². The van der Waals surface area contributed by atoms with Crippen LogP contribution in [0.1, 0.15) is 60.0 Å². The molecule has 1 amide bonds. The van der Waals surface area contributed by atoms with Crippen molar-refractivity contribution >= 4 is 11.9 Å². The average Bonchev–Trinajstić information content (AvgIpc) is 3.04. The Labute approximate surface area is 170 Å². The van der Waals surface area contributed by atoms with Crippen LogP contribution in [0.15, 0.2) is 28.8 Å². The third-order valence-electron chi connectivity index (χ3n) is 5.43. The summed E-state index contributed by atoms with van der Waals surface area (Å²) in [5.41, 5.74) is 1.99. The Kier molecular flexibility index (Phi) is 6.90. The summed E-state index contributed by atoms with van der Waals surface area (Å²) in [6.07, 6.45) is 4.42. The molecule has 0 radical (unpaired) electrons. The summed E-state index contributed by atoms with van der Waals surface area (Å²) in [5.74, 6) is 0.869. The van der Waals surface area contributed by atoms with Crippen molar-refractivity contribution in [3.63, 3.8) is 0 Å². The number of aromatic nitrogens is 1. The van der Waals surface area contributed by atoms with Gasteiger partial charge in [-0.25, -0.2) is 4.79 Å². The van der Waals surface area contributed by atoms with E-state index in [1.807, 2.05) is 13.8 Å². The lowest BCUT2D eigenvalue weighted by Gasteiger charge is -2.29. The predicted molar refractivity (Wildman–Crippen MR) is 107 cm³/mol. The Morgan fingerprint density at radius 3 is 2.76 bits per heavy atom. The summed E-state index contributed by atoms with van der Waals surface area (Å²) in [6.45, 7) is 5.83. The predicted octanol–water partition coefficient (Wildman–Crippen LogP) is 3.72. The number of carbonyl (C=O) groups is 2. The molecule has 0 aliphatic heterocycles. The Balaban J connectivity index is 1.50. The second-order valence-electron chi connectivity index (χ2n) is 7.63. The molecule has 1 aromatic carbocycles. The van der Waals surface area contributed by atoms with Crippen LogP contribution in [0.3, 0.4) is 0 Å². The van der Waals surface area contributed by atoms with Crippen molar-refractivity contribution in [3.05, 3.63) is 46.8 Å². The van der Waals surface area contributed by atoms with Crippen molar-refractivity contribution in [2.75, 3.05) is 6.61 Å². The van der Waals surface area contributed by atoms with Gasteiger partial charge in [0.1, 0.15) is 18.1 Å². The molecule has 0 bridgehead atoms. The summed E-state index contributed by atoms with van der Waals surface area (Å²) < 4.78 is 16.1. The number of rotatable bonds is 7. The van der Waals surface area contributed by atoms with Crippen molar-refractivity contribution in [3.8, 4) is 5.75 Å². The van der Waals surface area contributed by atoms with Gasteiger partial charge < -0.3 is 19.3 Å². The highest BCUT2D eigenvalue weighted by atomic mass is 16.5. The number of aryl methyl sites for hydroxylation is 2. The van der Waals surface area contributed by atoms with E-state index in [1.165, 1.54) is 6.42 Å². The smallest absolute Gasteiger partial charge is 0.338 e. The van der Waals surface area contributed by atoms with Crippen LogP contribution in [-0.4, -0.2) is 29.7 Å². The fraction of sp³-hybridized carbons (Fsp3) is 0.500. The summed E-state index contributed by atoms with van der Waals surface area (Å²) >= 11 is 0. The SMILES string of the molecule is Cc1noc(C)c1COc1cccc(C(=O)OCC(=O)N[C@H]2CCCC[C@H]2C)c1. The van der Waals surface area contributed by atoms with Crippen molar-refractivity contribution < 1.29 is 23.6 Å². The van der Waals surface area contributed by atoms with Gasteiger partial charge in [0, 0.05) is 6.04 Å². The standard InChI is InChI=1S/C22H28N2O5/c1-14-7-4-5-10-20(14)23-21(25)13-28-22(26)17-8-6-9-18(11-17)27-12-19-15(2)24-29-16(19)3/h6,8-9,11,14,20H,4-5,7,10,12-13H2,1-3H3,(H,23,25)/t14-,20+/m1/s1. The summed E-state index contributed by atoms with van der Waals surface area (Å²) in [7, 11) is 0. The molecule has 2 aromatic rings. The molecule has 0 unspecified atom stereocenters. The molecule has 3 rings (SSSR count). The first-order chi connectivity index (χ1) is 13.9. The number of carbonyl (C=O) groups excluding carboxylic acids is 2. The maximum atomic E-state index is 12.3. The Morgan fingerprint density at radius 2 is 2.03 bits per heavy atom. The van der Waals surface area contributed by atoms with Crippen LogP contribution < -0.4 is 10.1 Å². The quantitative estimate of drug-likeness (QED) is 0.713. The minimum atomic E-state index is -0.556. The molecular weight excluding hydrogens is 372 g/mol. The molecule has 7 heteroatoms. The molecule has 1 fully saturated rings. The van der Waals surface area contributed by atoms with Gasteiger partial charge in [0.15, 0.2) is 6.61 Å². The first-order valence-electron chi connectivity index (χ1n) is 10.0. The molecule has 2 atom stereocenters. The third-order valence-corrected chi connectivity index (χ3v) is 5.43. The minimum absolute atomic E-state index is 0.163. The van der Waals surface area contributed by atoms with E-state index in [0.717, 1.165) is 30.5 Å². The number of benzene rings is 1. The van der Waals surface area contributed by atoms with Gasteiger partial charge in [-0.2, -0.15) is 0 Å². The van der Waals surface area contributed by atoms with Gasteiger partial charge in [0.05, 0.1) is 16.8 Å². The lowest BCUT2D eigenvalue weighted by molar-refractivity contribution is -0.125. The van der Waals surface area contributed by atoms with E-state index < -0.39 is 5.97 Å². The number of amides is 1. The molecule has 0 saturated heterocycles. The fourth-order valence-corrected chi connectivity index (χ4v) is 3.57. The number of ether oxygens (including phenoxy) is 2. The van der Waals surface area contributed by atoms with Gasteiger partial charge in [0.2, 0.25) is 0 Å². The second-order valence-corrected chi connectivity index (χ2v) is 7.63.